The molecule has 0 aliphatic heterocycles. The van der Waals surface area contributed by atoms with Gasteiger partial charge in [0.05, 0.1) is 0 Å². The number of benzene rings is 1. The van der Waals surface area contributed by atoms with Gasteiger partial charge in [0.1, 0.15) is 0 Å². The predicted molar refractivity (Wildman–Crippen MR) is 82.0 cm³/mol. The maximum Gasteiger partial charge on any atom is 0.159 e. The van der Waals surface area contributed by atoms with Crippen molar-refractivity contribution >= 4 is 15.9 Å². The van der Waals surface area contributed by atoms with Crippen LogP contribution in [-0.4, -0.2) is 16.5 Å². The van der Waals surface area contributed by atoms with Crippen molar-refractivity contribution in [3.63, 3.8) is 0 Å². The van der Waals surface area contributed by atoms with Crippen LogP contribution in [0.4, 0.5) is 0 Å². The summed E-state index contributed by atoms with van der Waals surface area (Å²) in [6.45, 7) is 7.21. The van der Waals surface area contributed by atoms with Gasteiger partial charge in [0.2, 0.25) is 0 Å². The van der Waals surface area contributed by atoms with Gasteiger partial charge in [0.15, 0.2) is 5.82 Å². The van der Waals surface area contributed by atoms with Gasteiger partial charge in [-0.2, -0.15) is 0 Å². The van der Waals surface area contributed by atoms with Gasteiger partial charge < -0.3 is 5.32 Å². The third-order valence-corrected chi connectivity index (χ3v) is 3.57. The summed E-state index contributed by atoms with van der Waals surface area (Å²) in [6, 6.07) is 8.32. The Morgan fingerprint density at radius 1 is 1.37 bits per heavy atom. The Balaban J connectivity index is 2.33. The Morgan fingerprint density at radius 3 is 2.79 bits per heavy atom. The molecule has 0 saturated heterocycles. The number of hydrogen-bond donors (Lipinski definition) is 1. The summed E-state index contributed by atoms with van der Waals surface area (Å²) in [5.41, 5.74) is 3.21. The molecule has 1 heterocycles. The molecule has 1 N–H and O–H groups in total. The SMILES string of the molecule is CCNC(C)c1cnc(-c2cccc(Br)c2)nc1C. The van der Waals surface area contributed by atoms with Crippen LogP contribution >= 0.6 is 15.9 Å². The Hall–Kier alpha value is -1.26. The molecule has 3 nitrogen and oxygen atoms in total. The number of nitrogens with one attached hydrogen (secondary N) is 1. The average molecular weight is 320 g/mol. The van der Waals surface area contributed by atoms with E-state index < -0.39 is 0 Å². The molecule has 19 heavy (non-hydrogen) atoms. The van der Waals surface area contributed by atoms with Gasteiger partial charge in [0, 0.05) is 33.5 Å². The van der Waals surface area contributed by atoms with Crippen LogP contribution in [0, 0.1) is 6.92 Å². The van der Waals surface area contributed by atoms with Crippen molar-refractivity contribution in [3.05, 3.63) is 46.2 Å². The van der Waals surface area contributed by atoms with E-state index in [1.54, 1.807) is 0 Å². The number of aromatic nitrogens is 2. The van der Waals surface area contributed by atoms with Crippen LogP contribution < -0.4 is 5.32 Å². The molecule has 100 valence electrons. The first-order valence-corrected chi connectivity index (χ1v) is 7.24. The molecule has 0 aliphatic rings. The van der Waals surface area contributed by atoms with Gasteiger partial charge in [-0.15, -0.1) is 0 Å². The summed E-state index contributed by atoms with van der Waals surface area (Å²) >= 11 is 3.47. The van der Waals surface area contributed by atoms with E-state index in [2.05, 4.69) is 45.1 Å². The lowest BCUT2D eigenvalue weighted by atomic mass is 10.1. The second-order valence-corrected chi connectivity index (χ2v) is 5.44. The number of hydrogen-bond acceptors (Lipinski definition) is 3. The standard InChI is InChI=1S/C15H18BrN3/c1-4-17-10(2)14-9-18-15(19-11(14)3)12-6-5-7-13(16)8-12/h5-10,17H,4H2,1-3H3. The number of aryl methyl sites for hydroxylation is 1. The maximum absolute atomic E-state index is 4.62. The Labute approximate surface area is 122 Å². The fourth-order valence-corrected chi connectivity index (χ4v) is 2.48. The van der Waals surface area contributed by atoms with Crippen molar-refractivity contribution in [1.82, 2.24) is 15.3 Å². The molecule has 0 aliphatic carbocycles. The van der Waals surface area contributed by atoms with E-state index in [9.17, 15) is 0 Å². The summed E-state index contributed by atoms with van der Waals surface area (Å²) < 4.78 is 1.04. The predicted octanol–water partition coefficient (Wildman–Crippen LogP) is 3.89. The van der Waals surface area contributed by atoms with E-state index in [1.165, 1.54) is 0 Å². The second kappa shape index (κ2) is 6.26. The Kier molecular flexibility index (Phi) is 4.66. The Bertz CT molecular complexity index is 569. The highest BCUT2D eigenvalue weighted by Crippen LogP contribution is 2.22. The third kappa shape index (κ3) is 3.39. The van der Waals surface area contributed by atoms with Crippen molar-refractivity contribution in [2.75, 3.05) is 6.54 Å². The quantitative estimate of drug-likeness (QED) is 0.929. The van der Waals surface area contributed by atoms with Crippen molar-refractivity contribution in [3.8, 4) is 11.4 Å². The molecule has 4 heteroatoms. The molecule has 1 aromatic carbocycles. The van der Waals surface area contributed by atoms with E-state index in [-0.39, 0.29) is 6.04 Å². The lowest BCUT2D eigenvalue weighted by Gasteiger charge is -2.15. The zero-order valence-electron chi connectivity index (χ0n) is 11.4. The van der Waals surface area contributed by atoms with E-state index >= 15 is 0 Å². The molecule has 0 saturated carbocycles. The molecule has 2 rings (SSSR count). The monoisotopic (exact) mass is 319 g/mol. The normalized spacial score (nSPS) is 12.4. The average Bonchev–Trinajstić information content (AvgIpc) is 2.38. The van der Waals surface area contributed by atoms with Crippen molar-refractivity contribution in [1.29, 1.82) is 0 Å². The van der Waals surface area contributed by atoms with Crippen molar-refractivity contribution in [2.45, 2.75) is 26.8 Å². The molecule has 0 radical (unpaired) electrons. The highest BCUT2D eigenvalue weighted by atomic mass is 79.9. The van der Waals surface area contributed by atoms with Crippen LogP contribution in [0.3, 0.4) is 0 Å². The van der Waals surface area contributed by atoms with Crippen LogP contribution in [0.15, 0.2) is 34.9 Å². The lowest BCUT2D eigenvalue weighted by Crippen LogP contribution is -2.19. The van der Waals surface area contributed by atoms with Gasteiger partial charge in [0.25, 0.3) is 0 Å². The first-order valence-electron chi connectivity index (χ1n) is 6.44. The molecule has 1 aromatic heterocycles. The molecular formula is C15H18BrN3. The smallest absolute Gasteiger partial charge is 0.159 e. The maximum atomic E-state index is 4.62. The van der Waals surface area contributed by atoms with Gasteiger partial charge in [-0.25, -0.2) is 9.97 Å². The minimum Gasteiger partial charge on any atom is -0.310 e. The molecule has 1 atom stereocenters. The summed E-state index contributed by atoms with van der Waals surface area (Å²) in [6.07, 6.45) is 1.92. The number of nitrogens with zero attached hydrogens (tertiary/aromatic N) is 2. The van der Waals surface area contributed by atoms with Crippen LogP contribution in [-0.2, 0) is 0 Å². The molecule has 0 fully saturated rings. The number of rotatable bonds is 4. The zero-order chi connectivity index (χ0) is 13.8. The molecule has 1 unspecified atom stereocenters. The third-order valence-electron chi connectivity index (χ3n) is 3.08. The first kappa shape index (κ1) is 14.2. The molecule has 2 aromatic rings. The van der Waals surface area contributed by atoms with Crippen molar-refractivity contribution < 1.29 is 0 Å². The molecular weight excluding hydrogens is 302 g/mol. The number of halogens is 1. The largest absolute Gasteiger partial charge is 0.310 e. The second-order valence-electron chi connectivity index (χ2n) is 4.52. The molecule has 0 amide bonds. The fraction of sp³-hybridized carbons (Fsp3) is 0.333. The lowest BCUT2D eigenvalue weighted by molar-refractivity contribution is 0.590. The van der Waals surface area contributed by atoms with Crippen molar-refractivity contribution in [2.24, 2.45) is 0 Å². The summed E-state index contributed by atoms with van der Waals surface area (Å²) in [5, 5.41) is 3.38. The van der Waals surface area contributed by atoms with Crippen LogP contribution in [0.5, 0.6) is 0 Å². The molecule has 0 spiro atoms. The van der Waals surface area contributed by atoms with Crippen LogP contribution in [0.2, 0.25) is 0 Å². The highest BCUT2D eigenvalue weighted by Gasteiger charge is 2.10. The minimum atomic E-state index is 0.279. The van der Waals surface area contributed by atoms with E-state index in [0.717, 1.165) is 33.7 Å². The topological polar surface area (TPSA) is 37.8 Å². The summed E-state index contributed by atoms with van der Waals surface area (Å²) in [4.78, 5) is 9.10. The summed E-state index contributed by atoms with van der Waals surface area (Å²) in [5.74, 6) is 0.770. The van der Waals surface area contributed by atoms with E-state index in [1.807, 2.05) is 37.4 Å². The fourth-order valence-electron chi connectivity index (χ4n) is 2.08. The van der Waals surface area contributed by atoms with Crippen LogP contribution in [0.1, 0.15) is 31.1 Å². The van der Waals surface area contributed by atoms with Gasteiger partial charge in [-0.05, 0) is 32.5 Å². The van der Waals surface area contributed by atoms with Gasteiger partial charge in [-0.3, -0.25) is 0 Å². The zero-order valence-corrected chi connectivity index (χ0v) is 13.0. The molecule has 0 bridgehead atoms. The van der Waals surface area contributed by atoms with Gasteiger partial charge >= 0.3 is 0 Å². The summed E-state index contributed by atoms with van der Waals surface area (Å²) in [7, 11) is 0. The minimum absolute atomic E-state index is 0.279. The van der Waals surface area contributed by atoms with Crippen LogP contribution in [0.25, 0.3) is 11.4 Å². The highest BCUT2D eigenvalue weighted by molar-refractivity contribution is 9.10. The first-order chi connectivity index (χ1) is 9.11. The van der Waals surface area contributed by atoms with Gasteiger partial charge in [-0.1, -0.05) is 35.0 Å². The van der Waals surface area contributed by atoms with E-state index in [0.29, 0.717) is 0 Å². The Morgan fingerprint density at radius 2 is 2.16 bits per heavy atom. The van der Waals surface area contributed by atoms with E-state index in [4.69, 9.17) is 0 Å².